The van der Waals surface area contributed by atoms with E-state index in [9.17, 15) is 4.79 Å². The Bertz CT molecular complexity index is 625. The standard InChI is InChI=1S/C11H10N4OS/c12-10-13-9(14-11(16)15-10)7-5-17-8-4-2-1-3-6(7)8/h1-4,7H,5H2,(H3,12,13,14,15,16). The van der Waals surface area contributed by atoms with E-state index in [0.29, 0.717) is 5.82 Å². The van der Waals surface area contributed by atoms with Crippen molar-refractivity contribution in [2.24, 2.45) is 0 Å². The zero-order chi connectivity index (χ0) is 11.8. The van der Waals surface area contributed by atoms with Crippen LogP contribution in [0.5, 0.6) is 0 Å². The Morgan fingerprint density at radius 1 is 1.35 bits per heavy atom. The smallest absolute Gasteiger partial charge is 0.349 e. The van der Waals surface area contributed by atoms with Crippen LogP contribution in [-0.2, 0) is 0 Å². The summed E-state index contributed by atoms with van der Waals surface area (Å²) in [4.78, 5) is 22.8. The van der Waals surface area contributed by atoms with Gasteiger partial charge in [0.15, 0.2) is 0 Å². The number of benzene rings is 1. The van der Waals surface area contributed by atoms with E-state index in [1.165, 1.54) is 10.5 Å². The van der Waals surface area contributed by atoms with Gasteiger partial charge in [-0.3, -0.25) is 4.98 Å². The van der Waals surface area contributed by atoms with Crippen LogP contribution in [0.2, 0.25) is 0 Å². The van der Waals surface area contributed by atoms with Crippen molar-refractivity contribution in [3.63, 3.8) is 0 Å². The van der Waals surface area contributed by atoms with Crippen LogP contribution in [0.15, 0.2) is 34.0 Å². The van der Waals surface area contributed by atoms with Crippen LogP contribution in [0, 0.1) is 0 Å². The molecular formula is C11H10N4OS. The third-order valence-corrected chi connectivity index (χ3v) is 3.90. The minimum absolute atomic E-state index is 0.0260. The second kappa shape index (κ2) is 3.89. The Hall–Kier alpha value is -1.82. The minimum Gasteiger partial charge on any atom is -0.368 e. The maximum absolute atomic E-state index is 11.3. The van der Waals surface area contributed by atoms with Crippen LogP contribution >= 0.6 is 11.8 Å². The van der Waals surface area contributed by atoms with Crippen molar-refractivity contribution in [2.75, 3.05) is 11.5 Å². The first kappa shape index (κ1) is 10.3. The molecule has 3 N–H and O–H groups in total. The van der Waals surface area contributed by atoms with Gasteiger partial charge >= 0.3 is 5.69 Å². The number of aromatic amines is 1. The van der Waals surface area contributed by atoms with E-state index in [0.717, 1.165) is 5.75 Å². The molecule has 0 saturated carbocycles. The minimum atomic E-state index is -0.443. The van der Waals surface area contributed by atoms with Gasteiger partial charge in [0.1, 0.15) is 5.82 Å². The summed E-state index contributed by atoms with van der Waals surface area (Å²) < 4.78 is 0. The molecule has 1 aromatic heterocycles. The van der Waals surface area contributed by atoms with Crippen molar-refractivity contribution >= 4 is 17.7 Å². The highest BCUT2D eigenvalue weighted by Crippen LogP contribution is 2.41. The zero-order valence-corrected chi connectivity index (χ0v) is 9.70. The quantitative estimate of drug-likeness (QED) is 0.783. The van der Waals surface area contributed by atoms with Gasteiger partial charge in [-0.25, -0.2) is 4.79 Å². The number of H-pyrrole nitrogens is 1. The lowest BCUT2D eigenvalue weighted by Crippen LogP contribution is -2.20. The number of aromatic nitrogens is 3. The Morgan fingerprint density at radius 2 is 2.18 bits per heavy atom. The highest BCUT2D eigenvalue weighted by atomic mass is 32.2. The van der Waals surface area contributed by atoms with Gasteiger partial charge < -0.3 is 5.73 Å². The molecule has 86 valence electrons. The summed E-state index contributed by atoms with van der Waals surface area (Å²) in [6.45, 7) is 0. The predicted octanol–water partition coefficient (Wildman–Crippen LogP) is 0.985. The first-order valence-electron chi connectivity index (χ1n) is 5.19. The number of rotatable bonds is 1. The van der Waals surface area contributed by atoms with E-state index in [-0.39, 0.29) is 11.9 Å². The average Bonchev–Trinajstić information content (AvgIpc) is 2.71. The van der Waals surface area contributed by atoms with E-state index in [4.69, 9.17) is 5.73 Å². The molecule has 2 aromatic rings. The Morgan fingerprint density at radius 3 is 3.00 bits per heavy atom. The van der Waals surface area contributed by atoms with Gasteiger partial charge in [0, 0.05) is 10.6 Å². The molecule has 3 rings (SSSR count). The lowest BCUT2D eigenvalue weighted by atomic mass is 10.0. The van der Waals surface area contributed by atoms with E-state index in [2.05, 4.69) is 27.1 Å². The molecule has 17 heavy (non-hydrogen) atoms. The third-order valence-electron chi connectivity index (χ3n) is 2.72. The second-order valence-electron chi connectivity index (χ2n) is 3.80. The van der Waals surface area contributed by atoms with Gasteiger partial charge in [0.05, 0.1) is 5.92 Å². The van der Waals surface area contributed by atoms with Crippen molar-refractivity contribution in [1.82, 2.24) is 15.0 Å². The van der Waals surface area contributed by atoms with Gasteiger partial charge in [-0.1, -0.05) is 18.2 Å². The number of hydrogen-bond acceptors (Lipinski definition) is 5. The Kier molecular flexibility index (Phi) is 2.36. The fourth-order valence-corrected chi connectivity index (χ4v) is 3.21. The number of nitrogens with one attached hydrogen (secondary N) is 1. The summed E-state index contributed by atoms with van der Waals surface area (Å²) in [5.74, 6) is 1.58. The zero-order valence-electron chi connectivity index (χ0n) is 8.88. The maximum Gasteiger partial charge on any atom is 0.349 e. The van der Waals surface area contributed by atoms with Gasteiger partial charge in [0.2, 0.25) is 5.95 Å². The largest absolute Gasteiger partial charge is 0.368 e. The van der Waals surface area contributed by atoms with E-state index in [1.807, 2.05) is 12.1 Å². The van der Waals surface area contributed by atoms with Crippen molar-refractivity contribution in [3.8, 4) is 0 Å². The summed E-state index contributed by atoms with van der Waals surface area (Å²) in [5.41, 5.74) is 6.24. The van der Waals surface area contributed by atoms with Gasteiger partial charge in [-0.15, -0.1) is 11.8 Å². The van der Waals surface area contributed by atoms with Crippen molar-refractivity contribution in [2.45, 2.75) is 10.8 Å². The molecule has 0 spiro atoms. The molecule has 5 nitrogen and oxygen atoms in total. The van der Waals surface area contributed by atoms with Crippen LogP contribution in [0.4, 0.5) is 5.95 Å². The topological polar surface area (TPSA) is 84.7 Å². The van der Waals surface area contributed by atoms with E-state index >= 15 is 0 Å². The summed E-state index contributed by atoms with van der Waals surface area (Å²) in [6.07, 6.45) is 0. The van der Waals surface area contributed by atoms with Crippen molar-refractivity contribution < 1.29 is 0 Å². The molecule has 1 unspecified atom stereocenters. The van der Waals surface area contributed by atoms with Gasteiger partial charge in [-0.2, -0.15) is 9.97 Å². The van der Waals surface area contributed by atoms with E-state index in [1.54, 1.807) is 11.8 Å². The van der Waals surface area contributed by atoms with Crippen molar-refractivity contribution in [1.29, 1.82) is 0 Å². The molecule has 1 aliphatic heterocycles. The van der Waals surface area contributed by atoms with Crippen LogP contribution in [0.25, 0.3) is 0 Å². The van der Waals surface area contributed by atoms with Crippen LogP contribution < -0.4 is 11.4 Å². The molecule has 0 aliphatic carbocycles. The normalized spacial score (nSPS) is 18.0. The fraction of sp³-hybridized carbons (Fsp3) is 0.182. The first-order chi connectivity index (χ1) is 8.24. The molecule has 1 aliphatic rings. The highest BCUT2D eigenvalue weighted by Gasteiger charge is 2.26. The molecule has 0 fully saturated rings. The monoisotopic (exact) mass is 246 g/mol. The van der Waals surface area contributed by atoms with Crippen LogP contribution in [-0.4, -0.2) is 20.7 Å². The van der Waals surface area contributed by atoms with Gasteiger partial charge in [-0.05, 0) is 11.6 Å². The fourth-order valence-electron chi connectivity index (χ4n) is 1.97. The second-order valence-corrected chi connectivity index (χ2v) is 4.86. The number of fused-ring (bicyclic) bond motifs is 1. The van der Waals surface area contributed by atoms with Crippen LogP contribution in [0.1, 0.15) is 17.3 Å². The number of nitrogens with two attached hydrogens (primary N) is 1. The number of thioether (sulfide) groups is 1. The molecule has 1 aromatic carbocycles. The lowest BCUT2D eigenvalue weighted by Gasteiger charge is -2.09. The first-order valence-corrected chi connectivity index (χ1v) is 6.18. The molecule has 0 radical (unpaired) electrons. The summed E-state index contributed by atoms with van der Waals surface area (Å²) in [7, 11) is 0. The SMILES string of the molecule is Nc1nc(C2CSc3ccccc32)[nH]c(=O)n1. The average molecular weight is 246 g/mol. The highest BCUT2D eigenvalue weighted by molar-refractivity contribution is 7.99. The molecule has 0 amide bonds. The predicted molar refractivity (Wildman–Crippen MR) is 66.1 cm³/mol. The summed E-state index contributed by atoms with van der Waals surface area (Å²) in [5, 5.41) is 0. The number of nitrogen functional groups attached to an aromatic ring is 1. The summed E-state index contributed by atoms with van der Waals surface area (Å²) >= 11 is 1.76. The number of anilines is 1. The number of hydrogen-bond donors (Lipinski definition) is 2. The van der Waals surface area contributed by atoms with E-state index < -0.39 is 5.69 Å². The Balaban J connectivity index is 2.10. The molecular weight excluding hydrogens is 236 g/mol. The molecule has 6 heteroatoms. The third kappa shape index (κ3) is 1.80. The van der Waals surface area contributed by atoms with Crippen molar-refractivity contribution in [3.05, 3.63) is 46.1 Å². The maximum atomic E-state index is 11.3. The molecule has 1 atom stereocenters. The summed E-state index contributed by atoms with van der Waals surface area (Å²) in [6, 6.07) is 8.12. The molecule has 0 saturated heterocycles. The lowest BCUT2D eigenvalue weighted by molar-refractivity contribution is 0.795. The Labute approximate surface area is 101 Å². The molecule has 0 bridgehead atoms. The molecule has 2 heterocycles. The van der Waals surface area contributed by atoms with Gasteiger partial charge in [0.25, 0.3) is 0 Å². The van der Waals surface area contributed by atoms with Crippen LogP contribution in [0.3, 0.4) is 0 Å². The number of nitrogens with zero attached hydrogens (tertiary/aromatic N) is 2.